The van der Waals surface area contributed by atoms with E-state index in [0.717, 1.165) is 0 Å². The molecule has 0 radical (unpaired) electrons. The second-order valence-electron chi connectivity index (χ2n) is 1.84. The number of hydrogen-bond acceptors (Lipinski definition) is 2. The number of halogens is 1. The summed E-state index contributed by atoms with van der Waals surface area (Å²) >= 11 is 3.22. The van der Waals surface area contributed by atoms with Crippen LogP contribution in [0, 0.1) is 0 Å². The summed E-state index contributed by atoms with van der Waals surface area (Å²) in [4.78, 5) is 4.05. The minimum atomic E-state index is -0.238. The lowest BCUT2D eigenvalue weighted by Gasteiger charge is -1.97. The fraction of sp³-hybridized carbons (Fsp3) is 0.167. The van der Waals surface area contributed by atoms with Crippen molar-refractivity contribution in [3.05, 3.63) is 18.3 Å². The molecule has 1 rings (SSSR count). The molecule has 0 saturated heterocycles. The third-order valence-corrected chi connectivity index (χ3v) is 3.83. The Balaban J connectivity index is 2.80. The second-order valence-corrected chi connectivity index (χ2v) is 4.61. The van der Waals surface area contributed by atoms with E-state index in [9.17, 15) is 0 Å². The molecule has 0 bridgehead atoms. The van der Waals surface area contributed by atoms with Crippen molar-refractivity contribution in [3.8, 4) is 5.88 Å². The van der Waals surface area contributed by atoms with E-state index in [1.165, 1.54) is 3.69 Å². The van der Waals surface area contributed by atoms with Crippen molar-refractivity contribution in [1.82, 2.24) is 4.98 Å². The first-order valence-corrected chi connectivity index (χ1v) is 7.52. The third-order valence-electron chi connectivity index (χ3n) is 1.16. The first-order valence-electron chi connectivity index (χ1n) is 2.91. The summed E-state index contributed by atoms with van der Waals surface area (Å²) in [6.45, 7) is 0. The normalized spacial score (nSPS) is 8.60. The van der Waals surface area contributed by atoms with Gasteiger partial charge in [0.15, 0.2) is 0 Å². The molecule has 50 valence electrons. The Kier molecular flexibility index (Phi) is 3.44. The number of ether oxygens (including phenoxy) is 1. The Morgan fingerprint density at radius 1 is 1.60 bits per heavy atom. The quantitative estimate of drug-likeness (QED) is 0.674. The van der Waals surface area contributed by atoms with Crippen LogP contribution >= 0.6 is 12.9 Å². The van der Waals surface area contributed by atoms with E-state index in [1.807, 2.05) is 18.3 Å². The lowest BCUT2D eigenvalue weighted by Crippen LogP contribution is -2.08. The molecule has 0 spiro atoms. The van der Waals surface area contributed by atoms with Crippen molar-refractivity contribution in [3.63, 3.8) is 0 Å². The van der Waals surface area contributed by atoms with Gasteiger partial charge in [0.2, 0.25) is 5.88 Å². The summed E-state index contributed by atoms with van der Waals surface area (Å²) in [7, 11) is 1.62. The molecule has 0 aromatic carbocycles. The number of rotatable bonds is 2. The molecule has 0 saturated carbocycles. The number of aromatic nitrogens is 1. The minimum Gasteiger partial charge on any atom is -0.481 e. The van der Waals surface area contributed by atoms with E-state index < -0.39 is 0 Å². The maximum atomic E-state index is 4.90. The molecule has 0 aliphatic carbocycles. The molecule has 0 N–H and O–H groups in total. The Bertz CT molecular complexity index is 178. The average molecular weight is 212 g/mol. The van der Waals surface area contributed by atoms with Crippen LogP contribution < -0.4 is 8.43 Å². The summed E-state index contributed by atoms with van der Waals surface area (Å²) < 4.78 is 6.20. The molecule has 1 aromatic rings. The third kappa shape index (κ3) is 2.11. The van der Waals surface area contributed by atoms with Crippen LogP contribution in [0.4, 0.5) is 0 Å². The highest BCUT2D eigenvalue weighted by molar-refractivity contribution is 9.23. The molecule has 0 unspecified atom stereocenters. The van der Waals surface area contributed by atoms with Crippen molar-refractivity contribution >= 4 is 34.8 Å². The predicted octanol–water partition coefficient (Wildman–Crippen LogP) is 0.730. The van der Waals surface area contributed by atoms with Gasteiger partial charge in [-0.25, -0.2) is 4.98 Å². The smallest absolute Gasteiger partial charge is 0.481 e. The molecule has 2 nitrogen and oxygen atoms in total. The van der Waals surface area contributed by atoms with Gasteiger partial charge in [-0.3, -0.25) is 12.9 Å². The minimum absolute atomic E-state index is 0.238. The fourth-order valence-corrected chi connectivity index (χ4v) is 1.97. The molecular weight excluding hydrogens is 206 g/mol. The average Bonchev–Trinajstić information content (AvgIpc) is 2.05. The standard InChI is InChI=1S/C6H6NO.BrH.Mg/c1-8-6-4-2-3-5-7-6;;/h2,4-5H,1H3;1H;/q;;+1/p-1. The zero-order chi connectivity index (χ0) is 7.40. The van der Waals surface area contributed by atoms with Gasteiger partial charge in [-0.2, -0.15) is 0 Å². The van der Waals surface area contributed by atoms with Crippen molar-refractivity contribution in [1.29, 1.82) is 0 Å². The lowest BCUT2D eigenvalue weighted by molar-refractivity contribution is 0.398. The zero-order valence-corrected chi connectivity index (χ0v) is 8.67. The van der Waals surface area contributed by atoms with E-state index in [1.54, 1.807) is 7.11 Å². The maximum absolute atomic E-state index is 4.90. The molecule has 10 heavy (non-hydrogen) atoms. The Morgan fingerprint density at radius 2 is 2.40 bits per heavy atom. The topological polar surface area (TPSA) is 22.1 Å². The van der Waals surface area contributed by atoms with Gasteiger partial charge in [0, 0.05) is 6.20 Å². The van der Waals surface area contributed by atoms with Crippen LogP contribution in [0.3, 0.4) is 0 Å². The monoisotopic (exact) mass is 211 g/mol. The summed E-state index contributed by atoms with van der Waals surface area (Å²) in [6, 6.07) is 3.91. The van der Waals surface area contributed by atoms with Gasteiger partial charge >= 0.3 is 18.2 Å². The highest BCUT2D eigenvalue weighted by Gasteiger charge is 1.95. The van der Waals surface area contributed by atoms with Crippen molar-refractivity contribution < 1.29 is 4.74 Å². The number of pyridine rings is 1. The molecule has 0 fully saturated rings. The first kappa shape index (κ1) is 8.29. The van der Waals surface area contributed by atoms with Gasteiger partial charge in [0.1, 0.15) is 0 Å². The van der Waals surface area contributed by atoms with Gasteiger partial charge in [-0.05, 0) is 6.07 Å². The second kappa shape index (κ2) is 4.15. The van der Waals surface area contributed by atoms with Gasteiger partial charge < -0.3 is 4.74 Å². The van der Waals surface area contributed by atoms with Crippen LogP contribution in [0.2, 0.25) is 0 Å². The summed E-state index contributed by atoms with van der Waals surface area (Å²) in [6.07, 6.45) is 1.85. The van der Waals surface area contributed by atoms with E-state index in [4.69, 9.17) is 4.74 Å². The summed E-state index contributed by atoms with van der Waals surface area (Å²) in [5, 5.41) is 0. The molecular formula is C6H6BrMgNO. The van der Waals surface area contributed by atoms with Crippen molar-refractivity contribution in [2.75, 3.05) is 7.11 Å². The highest BCUT2D eigenvalue weighted by Crippen LogP contribution is 1.99. The van der Waals surface area contributed by atoms with Gasteiger partial charge in [-0.1, -0.05) is 6.07 Å². The zero-order valence-electron chi connectivity index (χ0n) is 5.67. The number of methoxy groups -OCH3 is 1. The molecule has 1 aromatic heterocycles. The Morgan fingerprint density at radius 3 is 2.80 bits per heavy atom. The largest absolute Gasteiger partial charge is 0.509 e. The maximum Gasteiger partial charge on any atom is 0.509 e. The van der Waals surface area contributed by atoms with E-state index in [0.29, 0.717) is 5.88 Å². The lowest BCUT2D eigenvalue weighted by atomic mass is 10.5. The molecule has 0 aliphatic rings. The molecule has 0 amide bonds. The van der Waals surface area contributed by atoms with Gasteiger partial charge in [0.05, 0.1) is 7.11 Å². The van der Waals surface area contributed by atoms with Crippen LogP contribution in [0.25, 0.3) is 0 Å². The van der Waals surface area contributed by atoms with Gasteiger partial charge in [-0.15, -0.1) is 3.69 Å². The first-order chi connectivity index (χ1) is 4.86. The van der Waals surface area contributed by atoms with E-state index in [-0.39, 0.29) is 18.2 Å². The van der Waals surface area contributed by atoms with E-state index in [2.05, 4.69) is 17.9 Å². The number of hydrogen-bond donors (Lipinski definition) is 0. The van der Waals surface area contributed by atoms with Crippen molar-refractivity contribution in [2.45, 2.75) is 0 Å². The summed E-state index contributed by atoms with van der Waals surface area (Å²) in [5.41, 5.74) is 0. The molecule has 0 atom stereocenters. The van der Waals surface area contributed by atoms with E-state index >= 15 is 0 Å². The van der Waals surface area contributed by atoms with Crippen LogP contribution in [0.5, 0.6) is 5.88 Å². The van der Waals surface area contributed by atoms with Crippen LogP contribution in [0.1, 0.15) is 0 Å². The van der Waals surface area contributed by atoms with Gasteiger partial charge in [0.25, 0.3) is 0 Å². The van der Waals surface area contributed by atoms with Crippen LogP contribution in [-0.4, -0.2) is 30.3 Å². The Hall–Kier alpha value is 0.196. The summed E-state index contributed by atoms with van der Waals surface area (Å²) in [5.74, 6) is 0.679. The van der Waals surface area contributed by atoms with Crippen molar-refractivity contribution in [2.24, 2.45) is 0 Å². The van der Waals surface area contributed by atoms with Crippen LogP contribution in [0.15, 0.2) is 18.3 Å². The molecule has 0 aliphatic heterocycles. The SMILES string of the molecule is COc1cc[c]([Mg][Br])cn1. The predicted molar refractivity (Wildman–Crippen MR) is 45.1 cm³/mol. The fourth-order valence-electron chi connectivity index (χ4n) is 0.611. The number of nitrogens with zero attached hydrogens (tertiary/aromatic N) is 1. The highest BCUT2D eigenvalue weighted by atomic mass is 79.9. The van der Waals surface area contributed by atoms with Crippen LogP contribution in [-0.2, 0) is 0 Å². The molecule has 1 heterocycles. The molecule has 4 heteroatoms. The Labute approximate surface area is 75.6 Å².